The third-order valence-electron chi connectivity index (χ3n) is 5.59. The van der Waals surface area contributed by atoms with Gasteiger partial charge < -0.3 is 5.32 Å². The van der Waals surface area contributed by atoms with Crippen LogP contribution in [0.5, 0.6) is 0 Å². The number of carbonyl (C=O) groups excluding carboxylic acids is 4. The van der Waals surface area contributed by atoms with Crippen LogP contribution in [0.4, 0.5) is 0 Å². The van der Waals surface area contributed by atoms with E-state index in [2.05, 4.69) is 15.5 Å². The second-order valence-corrected chi connectivity index (χ2v) is 7.39. The molecular weight excluding hydrogens is 348 g/mol. The Morgan fingerprint density at radius 3 is 2.59 bits per heavy atom. The molecule has 2 N–H and O–H groups in total. The Kier molecular flexibility index (Phi) is 4.53. The molecule has 27 heavy (non-hydrogen) atoms. The molecule has 1 aromatic carbocycles. The van der Waals surface area contributed by atoms with Gasteiger partial charge in [-0.2, -0.15) is 0 Å². The van der Waals surface area contributed by atoms with E-state index in [-0.39, 0.29) is 18.7 Å². The van der Waals surface area contributed by atoms with Crippen molar-refractivity contribution in [2.45, 2.75) is 37.9 Å². The van der Waals surface area contributed by atoms with Crippen LogP contribution in [0.2, 0.25) is 0 Å². The van der Waals surface area contributed by atoms with Crippen molar-refractivity contribution in [3.63, 3.8) is 0 Å². The molecule has 3 aliphatic rings. The Hall–Kier alpha value is -2.58. The van der Waals surface area contributed by atoms with E-state index < -0.39 is 23.8 Å². The van der Waals surface area contributed by atoms with Gasteiger partial charge in [0.2, 0.25) is 11.8 Å². The molecule has 1 unspecified atom stereocenters. The first-order chi connectivity index (χ1) is 13.0. The average Bonchev–Trinajstić information content (AvgIpc) is 3.25. The SMILES string of the molecule is CN(Cc1ccc2c(c1)C(=O)N(C1CCC(=O)NC1=O)C2=O)[C@H]1CCNC1. The van der Waals surface area contributed by atoms with Gasteiger partial charge in [-0.3, -0.25) is 34.3 Å². The molecule has 2 fully saturated rings. The number of benzene rings is 1. The third-order valence-corrected chi connectivity index (χ3v) is 5.59. The number of fused-ring (bicyclic) bond motifs is 1. The van der Waals surface area contributed by atoms with Gasteiger partial charge in [0, 0.05) is 25.6 Å². The minimum atomic E-state index is -0.925. The normalized spacial score (nSPS) is 25.3. The molecule has 4 rings (SSSR count). The van der Waals surface area contributed by atoms with E-state index in [9.17, 15) is 19.2 Å². The monoisotopic (exact) mass is 370 g/mol. The van der Waals surface area contributed by atoms with Crippen LogP contribution < -0.4 is 10.6 Å². The minimum Gasteiger partial charge on any atom is -0.315 e. The fourth-order valence-electron chi connectivity index (χ4n) is 4.05. The minimum absolute atomic E-state index is 0.120. The maximum Gasteiger partial charge on any atom is 0.262 e. The third kappa shape index (κ3) is 3.15. The van der Waals surface area contributed by atoms with E-state index in [1.807, 2.05) is 13.1 Å². The van der Waals surface area contributed by atoms with Crippen LogP contribution >= 0.6 is 0 Å². The number of piperidine rings is 1. The Balaban J connectivity index is 1.54. The van der Waals surface area contributed by atoms with Crippen LogP contribution in [-0.4, -0.2) is 65.6 Å². The topological polar surface area (TPSA) is 98.8 Å². The lowest BCUT2D eigenvalue weighted by Crippen LogP contribution is -2.54. The Labute approximate surface area is 156 Å². The molecule has 3 heterocycles. The largest absolute Gasteiger partial charge is 0.315 e. The van der Waals surface area contributed by atoms with Crippen LogP contribution in [0.25, 0.3) is 0 Å². The fourth-order valence-corrected chi connectivity index (χ4v) is 4.05. The van der Waals surface area contributed by atoms with E-state index in [4.69, 9.17) is 0 Å². The molecule has 0 radical (unpaired) electrons. The second kappa shape index (κ2) is 6.86. The molecule has 0 bridgehead atoms. The van der Waals surface area contributed by atoms with Gasteiger partial charge in [0.25, 0.3) is 11.8 Å². The van der Waals surface area contributed by atoms with Crippen molar-refractivity contribution < 1.29 is 19.2 Å². The summed E-state index contributed by atoms with van der Waals surface area (Å²) in [6.07, 6.45) is 1.37. The number of imide groups is 2. The lowest BCUT2D eigenvalue weighted by atomic mass is 10.0. The predicted octanol–water partition coefficient (Wildman–Crippen LogP) is -0.118. The number of nitrogens with zero attached hydrogens (tertiary/aromatic N) is 2. The van der Waals surface area contributed by atoms with Crippen LogP contribution in [0.3, 0.4) is 0 Å². The van der Waals surface area contributed by atoms with Crippen LogP contribution in [0.1, 0.15) is 45.5 Å². The summed E-state index contributed by atoms with van der Waals surface area (Å²) >= 11 is 0. The highest BCUT2D eigenvalue weighted by Gasteiger charge is 2.44. The number of nitrogens with one attached hydrogen (secondary N) is 2. The zero-order chi connectivity index (χ0) is 19.1. The van der Waals surface area contributed by atoms with Crippen LogP contribution in [0.15, 0.2) is 18.2 Å². The zero-order valence-electron chi connectivity index (χ0n) is 15.2. The highest BCUT2D eigenvalue weighted by Crippen LogP contribution is 2.28. The summed E-state index contributed by atoms with van der Waals surface area (Å²) in [6, 6.07) is 4.80. The number of amides is 4. The Bertz CT molecular complexity index is 831. The molecule has 0 saturated carbocycles. The van der Waals surface area contributed by atoms with Gasteiger partial charge in [0.05, 0.1) is 11.1 Å². The van der Waals surface area contributed by atoms with Gasteiger partial charge in [0.15, 0.2) is 0 Å². The quantitative estimate of drug-likeness (QED) is 0.717. The molecule has 4 amide bonds. The van der Waals surface area contributed by atoms with Gasteiger partial charge in [0.1, 0.15) is 6.04 Å². The molecule has 3 aliphatic heterocycles. The lowest BCUT2D eigenvalue weighted by molar-refractivity contribution is -0.136. The van der Waals surface area contributed by atoms with Crippen molar-refractivity contribution in [3.05, 3.63) is 34.9 Å². The summed E-state index contributed by atoms with van der Waals surface area (Å²) in [5.74, 6) is -1.89. The van der Waals surface area contributed by atoms with Crippen molar-refractivity contribution >= 4 is 23.6 Å². The molecule has 0 spiro atoms. The Morgan fingerprint density at radius 1 is 1.11 bits per heavy atom. The van der Waals surface area contributed by atoms with Gasteiger partial charge in [-0.15, -0.1) is 0 Å². The van der Waals surface area contributed by atoms with Crippen molar-refractivity contribution in [1.82, 2.24) is 20.4 Å². The first kappa shape index (κ1) is 17.8. The van der Waals surface area contributed by atoms with Gasteiger partial charge in [-0.05, 0) is 44.1 Å². The number of hydrogen-bond acceptors (Lipinski definition) is 6. The second-order valence-electron chi connectivity index (χ2n) is 7.39. The fraction of sp³-hybridized carbons (Fsp3) is 0.474. The molecular formula is C19H22N4O4. The lowest BCUT2D eigenvalue weighted by Gasteiger charge is -2.27. The number of likely N-dealkylation sites (N-methyl/N-ethyl adjacent to an activating group) is 1. The Morgan fingerprint density at radius 2 is 1.89 bits per heavy atom. The van der Waals surface area contributed by atoms with Crippen molar-refractivity contribution in [2.75, 3.05) is 20.1 Å². The highest BCUT2D eigenvalue weighted by molar-refractivity contribution is 6.23. The molecule has 8 heteroatoms. The predicted molar refractivity (Wildman–Crippen MR) is 95.9 cm³/mol. The smallest absolute Gasteiger partial charge is 0.262 e. The number of rotatable bonds is 4. The maximum atomic E-state index is 12.8. The zero-order valence-corrected chi connectivity index (χ0v) is 15.2. The van der Waals surface area contributed by atoms with E-state index in [1.165, 1.54) is 0 Å². The van der Waals surface area contributed by atoms with Crippen molar-refractivity contribution in [2.24, 2.45) is 0 Å². The summed E-state index contributed by atoms with van der Waals surface area (Å²) in [4.78, 5) is 52.2. The van der Waals surface area contributed by atoms with Crippen LogP contribution in [0, 0.1) is 0 Å². The van der Waals surface area contributed by atoms with E-state index in [1.54, 1.807) is 12.1 Å². The number of hydrogen-bond donors (Lipinski definition) is 2. The molecule has 0 aliphatic carbocycles. The standard InChI is InChI=1S/C19H22N4O4/c1-22(12-6-7-20-9-12)10-11-2-3-13-14(8-11)19(27)23(18(13)26)15-4-5-16(24)21-17(15)25/h2-3,8,12,15,20H,4-7,9-10H2,1H3,(H,21,24,25)/t12-,15?/m0/s1. The number of carbonyl (C=O) groups is 4. The molecule has 1 aromatic rings. The summed E-state index contributed by atoms with van der Waals surface area (Å²) in [5.41, 5.74) is 1.60. The maximum absolute atomic E-state index is 12.8. The molecule has 2 atom stereocenters. The summed E-state index contributed by atoms with van der Waals surface area (Å²) in [5, 5.41) is 5.54. The molecule has 2 saturated heterocycles. The average molecular weight is 370 g/mol. The van der Waals surface area contributed by atoms with E-state index in [0.29, 0.717) is 23.7 Å². The van der Waals surface area contributed by atoms with Gasteiger partial charge in [-0.25, -0.2) is 0 Å². The highest BCUT2D eigenvalue weighted by atomic mass is 16.2. The first-order valence-corrected chi connectivity index (χ1v) is 9.21. The summed E-state index contributed by atoms with van der Waals surface area (Å²) in [6.45, 7) is 2.63. The van der Waals surface area contributed by atoms with Gasteiger partial charge >= 0.3 is 0 Å². The van der Waals surface area contributed by atoms with E-state index in [0.717, 1.165) is 30.0 Å². The van der Waals surface area contributed by atoms with Crippen molar-refractivity contribution in [3.8, 4) is 0 Å². The van der Waals surface area contributed by atoms with E-state index >= 15 is 0 Å². The van der Waals surface area contributed by atoms with Crippen molar-refractivity contribution in [1.29, 1.82) is 0 Å². The summed E-state index contributed by atoms with van der Waals surface area (Å²) < 4.78 is 0. The van der Waals surface area contributed by atoms with Crippen LogP contribution in [-0.2, 0) is 16.1 Å². The molecule has 142 valence electrons. The molecule has 8 nitrogen and oxygen atoms in total. The summed E-state index contributed by atoms with van der Waals surface area (Å²) in [7, 11) is 2.05. The molecule has 0 aromatic heterocycles. The first-order valence-electron chi connectivity index (χ1n) is 9.21. The van der Waals surface area contributed by atoms with Gasteiger partial charge in [-0.1, -0.05) is 6.07 Å².